The fourth-order valence-corrected chi connectivity index (χ4v) is 1.10. The second kappa shape index (κ2) is 6.13. The minimum atomic E-state index is -0.183. The van der Waals surface area contributed by atoms with E-state index in [0.29, 0.717) is 31.9 Å². The predicted molar refractivity (Wildman–Crippen MR) is 51.9 cm³/mol. The van der Waals surface area contributed by atoms with Crippen LogP contribution in [0.2, 0.25) is 0 Å². The standard InChI is InChI=1S/C9H15N3O3/c1-3-14-9(13)4-5-12(2)6-8-10-7-15-11-8/h7H,3-6H2,1-2H3. The van der Waals surface area contributed by atoms with Crippen molar-refractivity contribution in [1.82, 2.24) is 15.0 Å². The van der Waals surface area contributed by atoms with Crippen LogP contribution in [0.15, 0.2) is 10.9 Å². The average molecular weight is 213 g/mol. The Hall–Kier alpha value is -1.43. The summed E-state index contributed by atoms with van der Waals surface area (Å²) in [5.74, 6) is 0.429. The van der Waals surface area contributed by atoms with Gasteiger partial charge in [-0.25, -0.2) is 0 Å². The number of carbonyl (C=O) groups excluding carboxylic acids is 1. The van der Waals surface area contributed by atoms with E-state index in [-0.39, 0.29) is 5.97 Å². The molecule has 1 aromatic rings. The zero-order valence-corrected chi connectivity index (χ0v) is 8.97. The van der Waals surface area contributed by atoms with Crippen LogP contribution in [-0.2, 0) is 16.1 Å². The predicted octanol–water partition coefficient (Wildman–Crippen LogP) is 0.455. The van der Waals surface area contributed by atoms with Gasteiger partial charge in [-0.3, -0.25) is 9.69 Å². The summed E-state index contributed by atoms with van der Waals surface area (Å²) in [6, 6.07) is 0. The molecule has 0 saturated carbocycles. The van der Waals surface area contributed by atoms with Gasteiger partial charge >= 0.3 is 5.97 Å². The number of hydrogen-bond donors (Lipinski definition) is 0. The van der Waals surface area contributed by atoms with Crippen molar-refractivity contribution in [3.63, 3.8) is 0 Å². The third kappa shape index (κ3) is 4.55. The van der Waals surface area contributed by atoms with E-state index in [1.807, 2.05) is 11.9 Å². The maximum atomic E-state index is 11.1. The fraction of sp³-hybridized carbons (Fsp3) is 0.667. The number of ether oxygens (including phenoxy) is 1. The van der Waals surface area contributed by atoms with E-state index in [9.17, 15) is 4.79 Å². The van der Waals surface area contributed by atoms with Crippen molar-refractivity contribution in [2.45, 2.75) is 19.9 Å². The molecule has 1 heterocycles. The minimum Gasteiger partial charge on any atom is -0.466 e. The molecule has 0 N–H and O–H groups in total. The summed E-state index contributed by atoms with van der Waals surface area (Å²) >= 11 is 0. The first kappa shape index (κ1) is 11.6. The monoisotopic (exact) mass is 213 g/mol. The lowest BCUT2D eigenvalue weighted by atomic mass is 10.4. The second-order valence-electron chi connectivity index (χ2n) is 3.14. The van der Waals surface area contributed by atoms with Crippen molar-refractivity contribution < 1.29 is 14.1 Å². The highest BCUT2D eigenvalue weighted by atomic mass is 16.5. The highest BCUT2D eigenvalue weighted by Gasteiger charge is 2.07. The smallest absolute Gasteiger partial charge is 0.307 e. The molecule has 0 fully saturated rings. The Balaban J connectivity index is 2.19. The zero-order chi connectivity index (χ0) is 11.1. The average Bonchev–Trinajstić information content (AvgIpc) is 2.68. The lowest BCUT2D eigenvalue weighted by molar-refractivity contribution is -0.143. The number of esters is 1. The van der Waals surface area contributed by atoms with Crippen molar-refractivity contribution >= 4 is 5.97 Å². The first-order valence-corrected chi connectivity index (χ1v) is 4.81. The summed E-state index contributed by atoms with van der Waals surface area (Å²) in [4.78, 5) is 16.9. The van der Waals surface area contributed by atoms with Crippen molar-refractivity contribution in [3.8, 4) is 0 Å². The van der Waals surface area contributed by atoms with Crippen LogP contribution in [-0.4, -0.2) is 41.2 Å². The van der Waals surface area contributed by atoms with Crippen LogP contribution in [0, 0.1) is 0 Å². The van der Waals surface area contributed by atoms with E-state index in [1.165, 1.54) is 6.39 Å². The largest absolute Gasteiger partial charge is 0.466 e. The molecule has 0 aliphatic rings. The molecule has 6 heteroatoms. The highest BCUT2D eigenvalue weighted by Crippen LogP contribution is 1.97. The molecular formula is C9H15N3O3. The topological polar surface area (TPSA) is 68.5 Å². The van der Waals surface area contributed by atoms with Gasteiger partial charge in [0.05, 0.1) is 19.6 Å². The van der Waals surface area contributed by atoms with Crippen LogP contribution < -0.4 is 0 Å². The van der Waals surface area contributed by atoms with Gasteiger partial charge in [0.2, 0.25) is 6.39 Å². The van der Waals surface area contributed by atoms with E-state index in [0.717, 1.165) is 0 Å². The van der Waals surface area contributed by atoms with Gasteiger partial charge in [-0.05, 0) is 14.0 Å². The summed E-state index contributed by atoms with van der Waals surface area (Å²) in [6.07, 6.45) is 1.66. The molecule has 0 aliphatic carbocycles. The molecule has 1 aromatic heterocycles. The third-order valence-corrected chi connectivity index (χ3v) is 1.82. The molecule has 0 aromatic carbocycles. The molecule has 0 radical (unpaired) electrons. The summed E-state index contributed by atoms with van der Waals surface area (Å²) in [5, 5.41) is 3.68. The van der Waals surface area contributed by atoms with Gasteiger partial charge in [-0.15, -0.1) is 0 Å². The van der Waals surface area contributed by atoms with E-state index in [1.54, 1.807) is 6.92 Å². The van der Waals surface area contributed by atoms with Gasteiger partial charge in [-0.2, -0.15) is 4.98 Å². The Morgan fingerprint density at radius 1 is 1.67 bits per heavy atom. The van der Waals surface area contributed by atoms with Crippen LogP contribution in [0.5, 0.6) is 0 Å². The molecule has 15 heavy (non-hydrogen) atoms. The summed E-state index contributed by atoms with van der Waals surface area (Å²) in [5.41, 5.74) is 0. The van der Waals surface area contributed by atoms with Gasteiger partial charge in [0.25, 0.3) is 0 Å². The summed E-state index contributed by atoms with van der Waals surface area (Å²) < 4.78 is 9.41. The van der Waals surface area contributed by atoms with Crippen LogP contribution in [0.1, 0.15) is 19.2 Å². The van der Waals surface area contributed by atoms with Crippen LogP contribution in [0.3, 0.4) is 0 Å². The molecule has 0 aliphatic heterocycles. The van der Waals surface area contributed by atoms with Gasteiger partial charge in [-0.1, -0.05) is 5.16 Å². The van der Waals surface area contributed by atoms with Crippen molar-refractivity contribution in [1.29, 1.82) is 0 Å². The maximum Gasteiger partial charge on any atom is 0.307 e. The fourth-order valence-electron chi connectivity index (χ4n) is 1.10. The van der Waals surface area contributed by atoms with Crippen molar-refractivity contribution in [2.75, 3.05) is 20.2 Å². The summed E-state index contributed by atoms with van der Waals surface area (Å²) in [6.45, 7) is 3.40. The Labute approximate surface area is 88.2 Å². The SMILES string of the molecule is CCOC(=O)CCN(C)Cc1ncon1. The Morgan fingerprint density at radius 3 is 3.07 bits per heavy atom. The minimum absolute atomic E-state index is 0.183. The van der Waals surface area contributed by atoms with Gasteiger partial charge in [0.1, 0.15) is 0 Å². The summed E-state index contributed by atoms with van der Waals surface area (Å²) in [7, 11) is 1.88. The zero-order valence-electron chi connectivity index (χ0n) is 8.97. The molecule has 0 atom stereocenters. The normalized spacial score (nSPS) is 10.6. The number of rotatable bonds is 6. The van der Waals surface area contributed by atoms with Gasteiger partial charge in [0.15, 0.2) is 5.82 Å². The maximum absolute atomic E-state index is 11.1. The molecule has 0 unspecified atom stereocenters. The van der Waals surface area contributed by atoms with Crippen LogP contribution in [0.4, 0.5) is 0 Å². The number of hydrogen-bond acceptors (Lipinski definition) is 6. The van der Waals surface area contributed by atoms with E-state index < -0.39 is 0 Å². The lowest BCUT2D eigenvalue weighted by Crippen LogP contribution is -2.22. The molecule has 0 spiro atoms. The van der Waals surface area contributed by atoms with Crippen molar-refractivity contribution in [2.24, 2.45) is 0 Å². The molecular weight excluding hydrogens is 198 g/mol. The molecule has 6 nitrogen and oxygen atoms in total. The second-order valence-corrected chi connectivity index (χ2v) is 3.14. The Bertz CT molecular complexity index is 287. The molecule has 0 bridgehead atoms. The van der Waals surface area contributed by atoms with Crippen LogP contribution in [0.25, 0.3) is 0 Å². The Morgan fingerprint density at radius 2 is 2.47 bits per heavy atom. The lowest BCUT2D eigenvalue weighted by Gasteiger charge is -2.13. The Kier molecular flexibility index (Phi) is 4.76. The first-order valence-electron chi connectivity index (χ1n) is 4.81. The van der Waals surface area contributed by atoms with Gasteiger partial charge in [0, 0.05) is 6.54 Å². The number of nitrogens with zero attached hydrogens (tertiary/aromatic N) is 3. The third-order valence-electron chi connectivity index (χ3n) is 1.82. The van der Waals surface area contributed by atoms with E-state index in [4.69, 9.17) is 4.74 Å². The van der Waals surface area contributed by atoms with Gasteiger partial charge < -0.3 is 9.26 Å². The molecule has 0 saturated heterocycles. The van der Waals surface area contributed by atoms with E-state index in [2.05, 4.69) is 14.7 Å². The highest BCUT2D eigenvalue weighted by molar-refractivity contribution is 5.69. The molecule has 84 valence electrons. The number of carbonyl (C=O) groups is 1. The van der Waals surface area contributed by atoms with E-state index >= 15 is 0 Å². The quantitative estimate of drug-likeness (QED) is 0.639. The van der Waals surface area contributed by atoms with Crippen LogP contribution >= 0.6 is 0 Å². The van der Waals surface area contributed by atoms with Crippen molar-refractivity contribution in [3.05, 3.63) is 12.2 Å². The molecule has 0 amide bonds. The number of aromatic nitrogens is 2. The molecule has 1 rings (SSSR count). The first-order chi connectivity index (χ1) is 7.22.